The Morgan fingerprint density at radius 3 is 2.83 bits per heavy atom. The second-order valence-corrected chi connectivity index (χ2v) is 5.64. The number of nitrogens with one attached hydrogen (secondary N) is 1. The van der Waals surface area contributed by atoms with E-state index in [4.69, 9.17) is 0 Å². The normalized spacial score (nSPS) is 22.9. The first-order chi connectivity index (χ1) is 8.75. The number of hydrogen-bond donors (Lipinski definition) is 1. The molecule has 1 N–H and O–H groups in total. The minimum absolute atomic E-state index is 0.636. The van der Waals surface area contributed by atoms with E-state index in [1.54, 1.807) is 0 Å². The van der Waals surface area contributed by atoms with E-state index in [1.807, 2.05) is 0 Å². The summed E-state index contributed by atoms with van der Waals surface area (Å²) in [4.78, 5) is 2.46. The monoisotopic (exact) mass is 246 g/mol. The molecule has 1 aliphatic heterocycles. The van der Waals surface area contributed by atoms with Crippen LogP contribution < -0.4 is 5.32 Å². The van der Waals surface area contributed by atoms with Crippen LogP contribution in [0.2, 0.25) is 0 Å². The lowest BCUT2D eigenvalue weighted by atomic mass is 9.92. The molecule has 2 heteroatoms. The number of piperidine rings is 1. The Balaban J connectivity index is 1.70. The van der Waals surface area contributed by atoms with Crippen LogP contribution in [0.25, 0.3) is 0 Å². The average molecular weight is 246 g/mol. The van der Waals surface area contributed by atoms with Gasteiger partial charge in [-0.05, 0) is 57.8 Å². The van der Waals surface area contributed by atoms with Crippen molar-refractivity contribution in [3.05, 3.63) is 35.9 Å². The number of benzene rings is 1. The molecule has 0 aliphatic carbocycles. The third kappa shape index (κ3) is 4.11. The Labute approximate surface area is 111 Å². The summed E-state index contributed by atoms with van der Waals surface area (Å²) in [6, 6.07) is 11.4. The fraction of sp³-hybridized carbons (Fsp3) is 0.625. The van der Waals surface area contributed by atoms with Crippen LogP contribution in [-0.4, -0.2) is 37.6 Å². The predicted molar refractivity (Wildman–Crippen MR) is 77.8 cm³/mol. The largest absolute Gasteiger partial charge is 0.314 e. The van der Waals surface area contributed by atoms with E-state index in [0.29, 0.717) is 6.04 Å². The number of rotatable bonds is 5. The summed E-state index contributed by atoms with van der Waals surface area (Å²) in [5.74, 6) is 0.819. The van der Waals surface area contributed by atoms with Gasteiger partial charge in [0.1, 0.15) is 0 Å². The zero-order valence-corrected chi connectivity index (χ0v) is 11.7. The molecule has 1 aromatic rings. The molecule has 0 saturated carbocycles. The molecule has 0 bridgehead atoms. The Kier molecular flexibility index (Phi) is 5.21. The average Bonchev–Trinajstić information content (AvgIpc) is 2.40. The van der Waals surface area contributed by atoms with Gasteiger partial charge in [0.05, 0.1) is 0 Å². The van der Waals surface area contributed by atoms with Crippen molar-refractivity contribution >= 4 is 0 Å². The summed E-state index contributed by atoms with van der Waals surface area (Å²) in [5.41, 5.74) is 1.43. The van der Waals surface area contributed by atoms with Crippen LogP contribution in [0.1, 0.15) is 25.3 Å². The van der Waals surface area contributed by atoms with Crippen LogP contribution in [0.5, 0.6) is 0 Å². The second-order valence-electron chi connectivity index (χ2n) is 5.64. The molecule has 0 aromatic heterocycles. The van der Waals surface area contributed by atoms with Crippen LogP contribution in [0, 0.1) is 5.92 Å². The Morgan fingerprint density at radius 2 is 2.11 bits per heavy atom. The first kappa shape index (κ1) is 13.6. The van der Waals surface area contributed by atoms with Crippen molar-refractivity contribution in [1.29, 1.82) is 0 Å². The third-order valence-electron chi connectivity index (χ3n) is 4.09. The Bertz CT molecular complexity index is 336. The van der Waals surface area contributed by atoms with Gasteiger partial charge in [0.15, 0.2) is 0 Å². The summed E-state index contributed by atoms with van der Waals surface area (Å²) in [6.45, 7) is 5.95. The van der Waals surface area contributed by atoms with E-state index >= 15 is 0 Å². The van der Waals surface area contributed by atoms with Crippen molar-refractivity contribution < 1.29 is 0 Å². The zero-order chi connectivity index (χ0) is 12.8. The molecule has 2 atom stereocenters. The van der Waals surface area contributed by atoms with Gasteiger partial charge in [-0.25, -0.2) is 0 Å². The van der Waals surface area contributed by atoms with Gasteiger partial charge in [0.25, 0.3) is 0 Å². The van der Waals surface area contributed by atoms with Crippen molar-refractivity contribution in [2.75, 3.05) is 26.7 Å². The summed E-state index contributed by atoms with van der Waals surface area (Å²) in [7, 11) is 2.24. The summed E-state index contributed by atoms with van der Waals surface area (Å²) < 4.78 is 0. The smallest absolute Gasteiger partial charge is 0.00793 e. The van der Waals surface area contributed by atoms with Crippen LogP contribution in [-0.2, 0) is 6.42 Å². The Hall–Kier alpha value is -0.860. The SMILES string of the molecule is CC(NCCc1ccccc1)C1CCCN(C)C1. The fourth-order valence-electron chi connectivity index (χ4n) is 2.87. The first-order valence-corrected chi connectivity index (χ1v) is 7.21. The highest BCUT2D eigenvalue weighted by Crippen LogP contribution is 2.18. The van der Waals surface area contributed by atoms with E-state index in [2.05, 4.69) is 54.5 Å². The highest BCUT2D eigenvalue weighted by molar-refractivity contribution is 5.14. The Morgan fingerprint density at radius 1 is 1.33 bits per heavy atom. The number of hydrogen-bond acceptors (Lipinski definition) is 2. The van der Waals surface area contributed by atoms with E-state index in [-0.39, 0.29) is 0 Å². The molecular formula is C16H26N2. The lowest BCUT2D eigenvalue weighted by Crippen LogP contribution is -2.43. The van der Waals surface area contributed by atoms with Crippen molar-refractivity contribution in [1.82, 2.24) is 10.2 Å². The van der Waals surface area contributed by atoms with Gasteiger partial charge in [-0.15, -0.1) is 0 Å². The van der Waals surface area contributed by atoms with Crippen LogP contribution in [0.15, 0.2) is 30.3 Å². The van der Waals surface area contributed by atoms with Gasteiger partial charge in [0.2, 0.25) is 0 Å². The lowest BCUT2D eigenvalue weighted by Gasteiger charge is -2.34. The molecule has 100 valence electrons. The molecule has 1 aromatic carbocycles. The van der Waals surface area contributed by atoms with Gasteiger partial charge in [-0.3, -0.25) is 0 Å². The van der Waals surface area contributed by atoms with Crippen LogP contribution in [0.3, 0.4) is 0 Å². The molecule has 18 heavy (non-hydrogen) atoms. The van der Waals surface area contributed by atoms with Crippen LogP contribution >= 0.6 is 0 Å². The van der Waals surface area contributed by atoms with Gasteiger partial charge in [0, 0.05) is 12.6 Å². The predicted octanol–water partition coefficient (Wildman–Crippen LogP) is 2.55. The standard InChI is InChI=1S/C16H26N2/c1-14(16-9-6-12-18(2)13-16)17-11-10-15-7-4-3-5-8-15/h3-5,7-8,14,16-17H,6,9-13H2,1-2H3. The molecule has 0 spiro atoms. The number of likely N-dealkylation sites (tertiary alicyclic amines) is 1. The molecule has 0 amide bonds. The van der Waals surface area contributed by atoms with Gasteiger partial charge in [-0.1, -0.05) is 30.3 Å². The van der Waals surface area contributed by atoms with Crippen LogP contribution in [0.4, 0.5) is 0 Å². The highest BCUT2D eigenvalue weighted by Gasteiger charge is 2.21. The van der Waals surface area contributed by atoms with Crippen molar-refractivity contribution in [2.24, 2.45) is 5.92 Å². The minimum atomic E-state index is 0.636. The van der Waals surface area contributed by atoms with Gasteiger partial charge < -0.3 is 10.2 Å². The summed E-state index contributed by atoms with van der Waals surface area (Å²) in [5, 5.41) is 3.69. The highest BCUT2D eigenvalue weighted by atomic mass is 15.1. The molecule has 0 radical (unpaired) electrons. The van der Waals surface area contributed by atoms with Crippen molar-refractivity contribution in [3.8, 4) is 0 Å². The zero-order valence-electron chi connectivity index (χ0n) is 11.7. The fourth-order valence-corrected chi connectivity index (χ4v) is 2.87. The van der Waals surface area contributed by atoms with E-state index in [9.17, 15) is 0 Å². The summed E-state index contributed by atoms with van der Waals surface area (Å²) in [6.07, 6.45) is 3.86. The van der Waals surface area contributed by atoms with Gasteiger partial charge in [-0.2, -0.15) is 0 Å². The van der Waals surface area contributed by atoms with Gasteiger partial charge >= 0.3 is 0 Å². The van der Waals surface area contributed by atoms with E-state index < -0.39 is 0 Å². The molecule has 1 aliphatic rings. The van der Waals surface area contributed by atoms with E-state index in [1.165, 1.54) is 31.5 Å². The molecule has 2 unspecified atom stereocenters. The summed E-state index contributed by atoms with van der Waals surface area (Å²) >= 11 is 0. The molecule has 1 saturated heterocycles. The minimum Gasteiger partial charge on any atom is -0.314 e. The third-order valence-corrected chi connectivity index (χ3v) is 4.09. The van der Waals surface area contributed by atoms with Crippen molar-refractivity contribution in [2.45, 2.75) is 32.2 Å². The molecule has 1 heterocycles. The maximum absolute atomic E-state index is 3.69. The first-order valence-electron chi connectivity index (χ1n) is 7.21. The topological polar surface area (TPSA) is 15.3 Å². The second kappa shape index (κ2) is 6.91. The molecule has 2 rings (SSSR count). The molecular weight excluding hydrogens is 220 g/mol. The maximum atomic E-state index is 3.69. The molecule has 2 nitrogen and oxygen atoms in total. The maximum Gasteiger partial charge on any atom is 0.00793 e. The molecule has 1 fully saturated rings. The number of nitrogens with zero attached hydrogens (tertiary/aromatic N) is 1. The lowest BCUT2D eigenvalue weighted by molar-refractivity contribution is 0.179. The van der Waals surface area contributed by atoms with Crippen molar-refractivity contribution in [3.63, 3.8) is 0 Å². The van der Waals surface area contributed by atoms with E-state index in [0.717, 1.165) is 18.9 Å². The quantitative estimate of drug-likeness (QED) is 0.859.